The second kappa shape index (κ2) is 12.8. The lowest BCUT2D eigenvalue weighted by molar-refractivity contribution is -0.777. The lowest BCUT2D eigenvalue weighted by atomic mass is 10.1. The number of rotatable bonds is 10. The van der Waals surface area contributed by atoms with Crippen LogP contribution in [-0.4, -0.2) is 12.3 Å². The van der Waals surface area contributed by atoms with Gasteiger partial charge >= 0.3 is 0 Å². The monoisotopic (exact) mass is 544 g/mol. The molecule has 196 valence electrons. The molecular weight excluding hydrogens is 512 g/mol. The first-order chi connectivity index (χ1) is 18.7. The van der Waals surface area contributed by atoms with Crippen molar-refractivity contribution in [3.63, 3.8) is 0 Å². The van der Waals surface area contributed by atoms with Crippen molar-refractivity contribution in [1.82, 2.24) is 0 Å². The molecule has 0 atom stereocenters. The highest BCUT2D eigenvalue weighted by Gasteiger charge is 2.23. The van der Waals surface area contributed by atoms with Gasteiger partial charge in [0.25, 0.3) is 0 Å². The van der Waals surface area contributed by atoms with Crippen molar-refractivity contribution in [1.29, 1.82) is 0 Å². The summed E-state index contributed by atoms with van der Waals surface area (Å²) in [4.78, 5) is 3.75. The van der Waals surface area contributed by atoms with Crippen molar-refractivity contribution in [3.8, 4) is 0 Å². The van der Waals surface area contributed by atoms with Crippen molar-refractivity contribution in [2.24, 2.45) is 0 Å². The fraction of sp³-hybridized carbons (Fsp3) is 0.258. The molecule has 0 N–H and O–H groups in total. The van der Waals surface area contributed by atoms with Crippen LogP contribution in [0, 0.1) is 6.92 Å². The summed E-state index contributed by atoms with van der Waals surface area (Å²) in [5.41, 5.74) is 7.76. The molecule has 0 spiro atoms. The highest BCUT2D eigenvalue weighted by atomic mass is 32.2. The van der Waals surface area contributed by atoms with Gasteiger partial charge in [-0.25, -0.2) is 0 Å². The summed E-state index contributed by atoms with van der Waals surface area (Å²) in [6, 6.07) is 17.4. The molecule has 1 aromatic heterocycles. The second-order valence-corrected chi connectivity index (χ2v) is 11.3. The molecule has 0 fully saturated rings. The number of aryl methyl sites for hydroxylation is 2. The summed E-state index contributed by atoms with van der Waals surface area (Å²) >= 11 is 2.90. The molecular formula is C31H32N2O3S2. The van der Waals surface area contributed by atoms with Crippen LogP contribution in [0.1, 0.15) is 37.3 Å². The normalized spacial score (nSPS) is 17.3. The fourth-order valence-corrected chi connectivity index (χ4v) is 6.55. The zero-order valence-corrected chi connectivity index (χ0v) is 23.4. The zero-order valence-electron chi connectivity index (χ0n) is 21.8. The highest BCUT2D eigenvalue weighted by molar-refractivity contribution is 8.03. The van der Waals surface area contributed by atoms with Crippen LogP contribution in [0.5, 0.6) is 0 Å². The Morgan fingerprint density at radius 2 is 2.00 bits per heavy atom. The minimum Gasteiger partial charge on any atom is -0.691 e. The average Bonchev–Trinajstić information content (AvgIpc) is 3.54. The predicted molar refractivity (Wildman–Crippen MR) is 156 cm³/mol. The Labute approximate surface area is 233 Å². The van der Waals surface area contributed by atoms with E-state index in [2.05, 4.69) is 118 Å². The number of pyridine rings is 1. The largest absolute Gasteiger partial charge is 0.691 e. The van der Waals surface area contributed by atoms with Gasteiger partial charge in [0.15, 0.2) is 6.20 Å². The molecule has 0 amide bonds. The van der Waals surface area contributed by atoms with Gasteiger partial charge in [0.2, 0.25) is 5.52 Å². The summed E-state index contributed by atoms with van der Waals surface area (Å²) in [6.07, 6.45) is 16.5. The SMILES string of the molecule is CCN1C(=CC=C2C=C(C=Cc3cc[n+](CCCSOO[O-])c4ccccc34)CC2)Sc2cc(C)ccc21. The Morgan fingerprint density at radius 1 is 1.11 bits per heavy atom. The number of anilines is 1. The van der Waals surface area contributed by atoms with Crippen molar-refractivity contribution in [3.05, 3.63) is 106 Å². The van der Waals surface area contributed by atoms with Gasteiger partial charge in [-0.05, 0) is 73.2 Å². The third-order valence-corrected chi connectivity index (χ3v) is 8.57. The number of benzene rings is 2. The summed E-state index contributed by atoms with van der Waals surface area (Å²) < 4.78 is 6.61. The van der Waals surface area contributed by atoms with Gasteiger partial charge in [0.1, 0.15) is 6.54 Å². The number of thioether (sulfide) groups is 1. The van der Waals surface area contributed by atoms with Gasteiger partial charge in [0.05, 0.1) is 16.1 Å². The van der Waals surface area contributed by atoms with E-state index in [-0.39, 0.29) is 0 Å². The Balaban J connectivity index is 1.28. The van der Waals surface area contributed by atoms with Crippen molar-refractivity contribution >= 4 is 46.5 Å². The van der Waals surface area contributed by atoms with Crippen molar-refractivity contribution in [2.75, 3.05) is 17.2 Å². The van der Waals surface area contributed by atoms with Crippen LogP contribution >= 0.6 is 23.8 Å². The zero-order chi connectivity index (χ0) is 26.3. The number of fused-ring (bicyclic) bond motifs is 2. The van der Waals surface area contributed by atoms with E-state index in [1.165, 1.54) is 48.8 Å². The van der Waals surface area contributed by atoms with E-state index < -0.39 is 0 Å². The summed E-state index contributed by atoms with van der Waals surface area (Å²) in [6.45, 7) is 6.18. The molecule has 38 heavy (non-hydrogen) atoms. The summed E-state index contributed by atoms with van der Waals surface area (Å²) in [5.74, 6) is 0.688. The first-order valence-electron chi connectivity index (χ1n) is 13.0. The molecule has 2 aromatic carbocycles. The lowest BCUT2D eigenvalue weighted by Crippen LogP contribution is -2.34. The van der Waals surface area contributed by atoms with Gasteiger partial charge < -0.3 is 10.2 Å². The van der Waals surface area contributed by atoms with Crippen LogP contribution in [0.25, 0.3) is 17.0 Å². The summed E-state index contributed by atoms with van der Waals surface area (Å²) in [5, 5.41) is 15.9. The molecule has 0 saturated heterocycles. The van der Waals surface area contributed by atoms with Gasteiger partial charge in [0, 0.05) is 47.8 Å². The quantitative estimate of drug-likeness (QED) is 0.0917. The Morgan fingerprint density at radius 3 is 2.87 bits per heavy atom. The Kier molecular flexibility index (Phi) is 9.04. The summed E-state index contributed by atoms with van der Waals surface area (Å²) in [7, 11) is 0. The lowest BCUT2D eigenvalue weighted by Gasteiger charge is -2.17. The Hall–Kier alpha value is -2.81. The van der Waals surface area contributed by atoms with Gasteiger partial charge in [-0.3, -0.25) is 5.04 Å². The maximum atomic E-state index is 9.94. The van der Waals surface area contributed by atoms with Crippen LogP contribution in [0.3, 0.4) is 0 Å². The molecule has 0 unspecified atom stereocenters. The maximum Gasteiger partial charge on any atom is 0.213 e. The number of aromatic nitrogens is 1. The molecule has 7 heteroatoms. The van der Waals surface area contributed by atoms with E-state index >= 15 is 0 Å². The molecule has 1 aliphatic carbocycles. The molecule has 3 aromatic rings. The average molecular weight is 545 g/mol. The number of para-hydroxylation sites is 1. The van der Waals surface area contributed by atoms with Crippen molar-refractivity contribution in [2.45, 2.75) is 44.6 Å². The standard InChI is InChI=1S/C31H32N2O3S2/c1-3-33-29-15-9-23(2)21-30(29)38-31(33)16-13-25-11-10-24(22-25)12-14-26-17-19-32(18-6-20-37-36-35-34)28-8-5-4-7-27(26)28/h4-5,7-9,12-17,19,21-22H,3,6,10-11,18,20H2,1-2H3. The number of nitrogens with zero attached hydrogens (tertiary/aromatic N) is 2. The molecule has 0 radical (unpaired) electrons. The van der Waals surface area contributed by atoms with E-state index in [4.69, 9.17) is 0 Å². The second-order valence-electron chi connectivity index (χ2n) is 9.41. The number of allylic oxidation sites excluding steroid dienone is 6. The molecule has 1 aliphatic heterocycles. The van der Waals surface area contributed by atoms with E-state index in [0.29, 0.717) is 5.75 Å². The van der Waals surface area contributed by atoms with Gasteiger partial charge in [-0.2, -0.15) is 8.90 Å². The molecule has 0 saturated carbocycles. The van der Waals surface area contributed by atoms with Crippen LogP contribution in [0.15, 0.2) is 100 Å². The van der Waals surface area contributed by atoms with Crippen LogP contribution in [0.2, 0.25) is 0 Å². The maximum absolute atomic E-state index is 9.94. The molecule has 2 aliphatic rings. The topological polar surface area (TPSA) is 48.6 Å². The van der Waals surface area contributed by atoms with Gasteiger partial charge in [-0.15, -0.1) is 0 Å². The smallest absolute Gasteiger partial charge is 0.213 e. The highest BCUT2D eigenvalue weighted by Crippen LogP contribution is 2.46. The van der Waals surface area contributed by atoms with Crippen LogP contribution in [0.4, 0.5) is 5.69 Å². The Bertz CT molecular complexity index is 1430. The van der Waals surface area contributed by atoms with Crippen LogP contribution < -0.4 is 14.7 Å². The third kappa shape index (κ3) is 6.25. The minimum atomic E-state index is 0.688. The van der Waals surface area contributed by atoms with Crippen molar-refractivity contribution < 1.29 is 19.2 Å². The number of hydrogen-bond acceptors (Lipinski definition) is 6. The third-order valence-electron chi connectivity index (χ3n) is 6.85. The first-order valence-corrected chi connectivity index (χ1v) is 14.7. The molecule has 0 bridgehead atoms. The van der Waals surface area contributed by atoms with E-state index in [9.17, 15) is 5.26 Å². The molecule has 5 rings (SSSR count). The fourth-order valence-electron chi connectivity index (χ4n) is 4.97. The first kappa shape index (κ1) is 26.8. The van der Waals surface area contributed by atoms with Crippen LogP contribution in [-0.2, 0) is 15.9 Å². The van der Waals surface area contributed by atoms with Gasteiger partial charge in [-0.1, -0.05) is 54.3 Å². The van der Waals surface area contributed by atoms with E-state index in [0.717, 1.165) is 44.4 Å². The van der Waals surface area contributed by atoms with E-state index in [1.807, 2.05) is 11.8 Å². The minimum absolute atomic E-state index is 0.688. The molecule has 2 heterocycles. The van der Waals surface area contributed by atoms with E-state index in [1.54, 1.807) is 0 Å². The predicted octanol–water partition coefficient (Wildman–Crippen LogP) is 6.83. The number of hydrogen-bond donors (Lipinski definition) is 0. The molecule has 5 nitrogen and oxygen atoms in total.